The van der Waals surface area contributed by atoms with Gasteiger partial charge in [0.1, 0.15) is 0 Å². The maximum Gasteiger partial charge on any atom is 0.0678 e. The van der Waals surface area contributed by atoms with Crippen molar-refractivity contribution in [2.75, 3.05) is 19.6 Å². The van der Waals surface area contributed by atoms with Crippen LogP contribution in [0.25, 0.3) is 0 Å². The third kappa shape index (κ3) is 3.09. The lowest BCUT2D eigenvalue weighted by Gasteiger charge is -2.36. The van der Waals surface area contributed by atoms with Crippen molar-refractivity contribution in [3.05, 3.63) is 0 Å². The molecule has 0 aromatic heterocycles. The lowest BCUT2D eigenvalue weighted by molar-refractivity contribution is -0.0687. The van der Waals surface area contributed by atoms with E-state index >= 15 is 0 Å². The van der Waals surface area contributed by atoms with E-state index in [1.165, 1.54) is 0 Å². The van der Waals surface area contributed by atoms with Crippen molar-refractivity contribution < 1.29 is 4.74 Å². The van der Waals surface area contributed by atoms with Crippen molar-refractivity contribution in [3.63, 3.8) is 0 Å². The van der Waals surface area contributed by atoms with E-state index in [0.717, 1.165) is 19.6 Å². The fourth-order valence-electron chi connectivity index (χ4n) is 1.84. The Morgan fingerprint density at radius 2 is 1.92 bits per heavy atom. The Balaban J connectivity index is 2.34. The first-order valence-electron chi connectivity index (χ1n) is 4.71. The van der Waals surface area contributed by atoms with Gasteiger partial charge in [0, 0.05) is 25.7 Å². The van der Waals surface area contributed by atoms with E-state index in [0.29, 0.717) is 12.2 Å². The van der Waals surface area contributed by atoms with Crippen molar-refractivity contribution in [1.29, 1.82) is 0 Å². The van der Waals surface area contributed by atoms with Gasteiger partial charge in [-0.15, -0.1) is 0 Å². The molecule has 1 fully saturated rings. The van der Waals surface area contributed by atoms with Gasteiger partial charge < -0.3 is 10.5 Å². The number of nitrogens with two attached hydrogens (primary N) is 1. The second kappa shape index (κ2) is 4.21. The van der Waals surface area contributed by atoms with E-state index < -0.39 is 0 Å². The van der Waals surface area contributed by atoms with Crippen LogP contribution >= 0.6 is 0 Å². The molecule has 2 unspecified atom stereocenters. The van der Waals surface area contributed by atoms with Crippen LogP contribution in [0.2, 0.25) is 0 Å². The SMILES string of the molecule is CC1CN(C[C@@H](C)N)CC(C)O1. The molecule has 0 bridgehead atoms. The maximum atomic E-state index is 5.73. The van der Waals surface area contributed by atoms with Gasteiger partial charge in [0.05, 0.1) is 12.2 Å². The molecule has 0 aromatic rings. The molecule has 3 heteroatoms. The molecule has 0 amide bonds. The number of morpholine rings is 1. The van der Waals surface area contributed by atoms with Crippen LogP contribution in [0, 0.1) is 0 Å². The molecule has 0 saturated carbocycles. The lowest BCUT2D eigenvalue weighted by Crippen LogP contribution is -2.48. The third-order valence-corrected chi connectivity index (χ3v) is 2.04. The second-order valence-corrected chi connectivity index (χ2v) is 3.95. The molecule has 0 aromatic carbocycles. The molecule has 0 radical (unpaired) electrons. The molecule has 1 aliphatic heterocycles. The minimum atomic E-state index is 0.266. The van der Waals surface area contributed by atoms with Gasteiger partial charge in [-0.2, -0.15) is 0 Å². The van der Waals surface area contributed by atoms with Gasteiger partial charge in [-0.3, -0.25) is 4.90 Å². The average Bonchev–Trinajstić information content (AvgIpc) is 1.81. The minimum absolute atomic E-state index is 0.266. The summed E-state index contributed by atoms with van der Waals surface area (Å²) < 4.78 is 5.62. The van der Waals surface area contributed by atoms with Gasteiger partial charge in [0.25, 0.3) is 0 Å². The molecule has 1 aliphatic rings. The topological polar surface area (TPSA) is 38.5 Å². The fourth-order valence-corrected chi connectivity index (χ4v) is 1.84. The van der Waals surface area contributed by atoms with Crippen molar-refractivity contribution in [2.45, 2.75) is 39.0 Å². The monoisotopic (exact) mass is 172 g/mol. The number of rotatable bonds is 2. The highest BCUT2D eigenvalue weighted by atomic mass is 16.5. The fraction of sp³-hybridized carbons (Fsp3) is 1.00. The van der Waals surface area contributed by atoms with Gasteiger partial charge in [-0.05, 0) is 20.8 Å². The van der Waals surface area contributed by atoms with Crippen LogP contribution in [0.4, 0.5) is 0 Å². The van der Waals surface area contributed by atoms with E-state index in [4.69, 9.17) is 10.5 Å². The molecule has 1 heterocycles. The third-order valence-electron chi connectivity index (χ3n) is 2.04. The van der Waals surface area contributed by atoms with Crippen molar-refractivity contribution in [1.82, 2.24) is 4.90 Å². The van der Waals surface area contributed by atoms with Crippen molar-refractivity contribution >= 4 is 0 Å². The molecule has 3 atom stereocenters. The maximum absolute atomic E-state index is 5.73. The Bertz CT molecular complexity index is 126. The summed E-state index contributed by atoms with van der Waals surface area (Å²) in [4.78, 5) is 2.38. The number of ether oxygens (including phenoxy) is 1. The van der Waals surface area contributed by atoms with E-state index in [1.807, 2.05) is 6.92 Å². The van der Waals surface area contributed by atoms with Crippen molar-refractivity contribution in [3.8, 4) is 0 Å². The largest absolute Gasteiger partial charge is 0.373 e. The summed E-state index contributed by atoms with van der Waals surface area (Å²) in [5.41, 5.74) is 5.73. The zero-order valence-corrected chi connectivity index (χ0v) is 8.29. The molecule has 12 heavy (non-hydrogen) atoms. The Morgan fingerprint density at radius 1 is 1.42 bits per heavy atom. The van der Waals surface area contributed by atoms with Crippen LogP contribution in [0.3, 0.4) is 0 Å². The van der Waals surface area contributed by atoms with Crippen LogP contribution in [0.1, 0.15) is 20.8 Å². The number of hydrogen-bond donors (Lipinski definition) is 1. The molecule has 0 aliphatic carbocycles. The Kier molecular flexibility index (Phi) is 3.50. The van der Waals surface area contributed by atoms with E-state index in [9.17, 15) is 0 Å². The first kappa shape index (κ1) is 9.96. The van der Waals surface area contributed by atoms with Crippen LogP contribution in [0.15, 0.2) is 0 Å². The van der Waals surface area contributed by atoms with Gasteiger partial charge in [0.15, 0.2) is 0 Å². The molecule has 1 saturated heterocycles. The van der Waals surface area contributed by atoms with Crippen LogP contribution in [-0.4, -0.2) is 42.8 Å². The van der Waals surface area contributed by atoms with Gasteiger partial charge in [-0.1, -0.05) is 0 Å². The summed E-state index contributed by atoms with van der Waals surface area (Å²) in [5.74, 6) is 0. The molecule has 72 valence electrons. The predicted molar refractivity (Wildman–Crippen MR) is 50.1 cm³/mol. The summed E-state index contributed by atoms with van der Waals surface area (Å²) in [7, 11) is 0. The molecular weight excluding hydrogens is 152 g/mol. The average molecular weight is 172 g/mol. The first-order chi connectivity index (χ1) is 5.58. The first-order valence-corrected chi connectivity index (χ1v) is 4.71. The van der Waals surface area contributed by atoms with Crippen LogP contribution < -0.4 is 5.73 Å². The quantitative estimate of drug-likeness (QED) is 0.657. The summed E-state index contributed by atoms with van der Waals surface area (Å²) in [6.45, 7) is 9.30. The van der Waals surface area contributed by atoms with Crippen LogP contribution in [-0.2, 0) is 4.74 Å². The summed E-state index contributed by atoms with van der Waals surface area (Å²) in [6.07, 6.45) is 0.708. The van der Waals surface area contributed by atoms with E-state index in [1.54, 1.807) is 0 Å². The van der Waals surface area contributed by atoms with E-state index in [-0.39, 0.29) is 6.04 Å². The van der Waals surface area contributed by atoms with E-state index in [2.05, 4.69) is 18.7 Å². The summed E-state index contributed by atoms with van der Waals surface area (Å²) in [6, 6.07) is 0.266. The highest BCUT2D eigenvalue weighted by Gasteiger charge is 2.22. The van der Waals surface area contributed by atoms with Crippen molar-refractivity contribution in [2.24, 2.45) is 5.73 Å². The van der Waals surface area contributed by atoms with Gasteiger partial charge in [-0.25, -0.2) is 0 Å². The second-order valence-electron chi connectivity index (χ2n) is 3.95. The lowest BCUT2D eigenvalue weighted by atomic mass is 10.2. The normalized spacial score (nSPS) is 35.0. The Labute approximate surface area is 74.9 Å². The van der Waals surface area contributed by atoms with Gasteiger partial charge in [0.2, 0.25) is 0 Å². The highest BCUT2D eigenvalue weighted by molar-refractivity contribution is 4.75. The molecule has 2 N–H and O–H groups in total. The zero-order chi connectivity index (χ0) is 9.14. The molecular formula is C9H20N2O. The molecule has 0 spiro atoms. The van der Waals surface area contributed by atoms with Gasteiger partial charge >= 0.3 is 0 Å². The molecule has 1 rings (SSSR count). The zero-order valence-electron chi connectivity index (χ0n) is 8.29. The minimum Gasteiger partial charge on any atom is -0.373 e. The molecule has 3 nitrogen and oxygen atoms in total. The smallest absolute Gasteiger partial charge is 0.0678 e. The Morgan fingerprint density at radius 3 is 2.33 bits per heavy atom. The standard InChI is InChI=1S/C9H20N2O/c1-7(10)4-11-5-8(2)12-9(3)6-11/h7-9H,4-6,10H2,1-3H3/t7-,8?,9?/m1/s1. The number of nitrogens with zero attached hydrogens (tertiary/aromatic N) is 1. The highest BCUT2D eigenvalue weighted by Crippen LogP contribution is 2.10. The Hall–Kier alpha value is -0.120. The van der Waals surface area contributed by atoms with Crippen LogP contribution in [0.5, 0.6) is 0 Å². The number of hydrogen-bond acceptors (Lipinski definition) is 3. The summed E-state index contributed by atoms with van der Waals surface area (Å²) in [5, 5.41) is 0. The summed E-state index contributed by atoms with van der Waals surface area (Å²) >= 11 is 0. The predicted octanol–water partition coefficient (Wildman–Crippen LogP) is 0.443.